The van der Waals surface area contributed by atoms with Gasteiger partial charge in [0, 0.05) is 31.5 Å². The third-order valence-corrected chi connectivity index (χ3v) is 3.46. The monoisotopic (exact) mass is 265 g/mol. The number of hydrogen-bond donors (Lipinski definition) is 2. The highest BCUT2D eigenvalue weighted by molar-refractivity contribution is 5.74. The number of carbonyl (C=O) groups excluding carboxylic acids is 1. The van der Waals surface area contributed by atoms with Gasteiger partial charge in [0.15, 0.2) is 0 Å². The van der Waals surface area contributed by atoms with Gasteiger partial charge in [-0.1, -0.05) is 0 Å². The molecule has 1 fully saturated rings. The van der Waals surface area contributed by atoms with E-state index in [9.17, 15) is 4.79 Å². The molecule has 2 heterocycles. The minimum absolute atomic E-state index is 0.0463. The maximum absolute atomic E-state index is 11.7. The van der Waals surface area contributed by atoms with E-state index in [1.54, 1.807) is 6.20 Å². The van der Waals surface area contributed by atoms with Crippen LogP contribution < -0.4 is 10.6 Å². The number of amides is 2. The van der Waals surface area contributed by atoms with Crippen molar-refractivity contribution in [3.05, 3.63) is 18.5 Å². The van der Waals surface area contributed by atoms with Gasteiger partial charge in [-0.15, -0.1) is 0 Å². The molecule has 106 valence electrons. The average molecular weight is 265 g/mol. The van der Waals surface area contributed by atoms with Crippen LogP contribution in [0.15, 0.2) is 18.5 Å². The number of aromatic nitrogens is 2. The van der Waals surface area contributed by atoms with E-state index in [0.717, 1.165) is 38.9 Å². The van der Waals surface area contributed by atoms with Crippen LogP contribution >= 0.6 is 0 Å². The summed E-state index contributed by atoms with van der Waals surface area (Å²) in [6.07, 6.45) is 6.66. The van der Waals surface area contributed by atoms with Gasteiger partial charge in [0.2, 0.25) is 0 Å². The van der Waals surface area contributed by atoms with Gasteiger partial charge < -0.3 is 15.5 Å². The molecule has 2 rings (SSSR count). The van der Waals surface area contributed by atoms with Crippen molar-refractivity contribution in [1.82, 2.24) is 25.3 Å². The van der Waals surface area contributed by atoms with Crippen molar-refractivity contribution in [2.75, 3.05) is 26.7 Å². The number of hydrogen-bond acceptors (Lipinski definition) is 3. The van der Waals surface area contributed by atoms with E-state index in [1.807, 2.05) is 16.9 Å². The molecule has 6 heteroatoms. The molecule has 2 amide bonds. The van der Waals surface area contributed by atoms with Gasteiger partial charge in [0.1, 0.15) is 0 Å². The molecule has 0 spiro atoms. The summed E-state index contributed by atoms with van der Waals surface area (Å²) in [6, 6.07) is 2.18. The van der Waals surface area contributed by atoms with Crippen LogP contribution in [0.2, 0.25) is 0 Å². The van der Waals surface area contributed by atoms with E-state index in [2.05, 4.69) is 27.7 Å². The minimum Gasteiger partial charge on any atom is -0.338 e. The second-order valence-electron chi connectivity index (χ2n) is 5.10. The summed E-state index contributed by atoms with van der Waals surface area (Å²) in [7, 11) is 2.12. The van der Waals surface area contributed by atoms with Crippen molar-refractivity contribution in [2.45, 2.75) is 31.8 Å². The standard InChI is InChI=1S/C13H23N5O/c1-17-10-4-12(5-11-17)16-13(19)14-6-2-8-18-9-3-7-15-18/h3,7,9,12H,2,4-6,8,10-11H2,1H3,(H2,14,16,19). The number of piperidine rings is 1. The molecule has 2 N–H and O–H groups in total. The van der Waals surface area contributed by atoms with Crippen LogP contribution in [-0.4, -0.2) is 53.4 Å². The summed E-state index contributed by atoms with van der Waals surface area (Å²) >= 11 is 0. The quantitative estimate of drug-likeness (QED) is 0.769. The SMILES string of the molecule is CN1CCC(NC(=O)NCCCn2cccn2)CC1. The first-order valence-electron chi connectivity index (χ1n) is 6.94. The fraction of sp³-hybridized carbons (Fsp3) is 0.692. The lowest BCUT2D eigenvalue weighted by molar-refractivity contribution is 0.213. The van der Waals surface area contributed by atoms with Crippen molar-refractivity contribution >= 4 is 6.03 Å². The highest BCUT2D eigenvalue weighted by Crippen LogP contribution is 2.07. The van der Waals surface area contributed by atoms with Crippen LogP contribution in [0.25, 0.3) is 0 Å². The molecule has 1 aromatic rings. The number of likely N-dealkylation sites (tertiary alicyclic amines) is 1. The molecule has 6 nitrogen and oxygen atoms in total. The molecule has 0 atom stereocenters. The fourth-order valence-electron chi connectivity index (χ4n) is 2.27. The van der Waals surface area contributed by atoms with Gasteiger partial charge in [-0.25, -0.2) is 4.79 Å². The Labute approximate surface area is 114 Å². The Morgan fingerprint density at radius 1 is 1.42 bits per heavy atom. The zero-order chi connectivity index (χ0) is 13.5. The maximum Gasteiger partial charge on any atom is 0.315 e. The normalized spacial score (nSPS) is 17.3. The smallest absolute Gasteiger partial charge is 0.315 e. The number of rotatable bonds is 5. The van der Waals surface area contributed by atoms with Crippen LogP contribution in [0.5, 0.6) is 0 Å². The first-order chi connectivity index (χ1) is 9.24. The van der Waals surface area contributed by atoms with E-state index in [4.69, 9.17) is 0 Å². The van der Waals surface area contributed by atoms with Crippen molar-refractivity contribution in [3.63, 3.8) is 0 Å². The van der Waals surface area contributed by atoms with Crippen LogP contribution in [0.1, 0.15) is 19.3 Å². The molecule has 0 saturated carbocycles. The van der Waals surface area contributed by atoms with Gasteiger partial charge in [-0.05, 0) is 45.5 Å². The second kappa shape index (κ2) is 7.13. The Morgan fingerprint density at radius 3 is 2.89 bits per heavy atom. The van der Waals surface area contributed by atoms with Crippen molar-refractivity contribution < 1.29 is 4.79 Å². The van der Waals surface area contributed by atoms with Crippen LogP contribution in [0, 0.1) is 0 Å². The topological polar surface area (TPSA) is 62.2 Å². The average Bonchev–Trinajstić information content (AvgIpc) is 2.91. The second-order valence-corrected chi connectivity index (χ2v) is 5.10. The Hall–Kier alpha value is -1.56. The number of urea groups is 1. The van der Waals surface area contributed by atoms with Crippen LogP contribution in [0.4, 0.5) is 4.79 Å². The van der Waals surface area contributed by atoms with Gasteiger partial charge in [-0.2, -0.15) is 5.10 Å². The molecule has 0 aromatic carbocycles. The lowest BCUT2D eigenvalue weighted by Crippen LogP contribution is -2.47. The Balaban J connectivity index is 1.54. The first-order valence-corrected chi connectivity index (χ1v) is 6.94. The van der Waals surface area contributed by atoms with Crippen LogP contribution in [-0.2, 0) is 6.54 Å². The van der Waals surface area contributed by atoms with Gasteiger partial charge >= 0.3 is 6.03 Å². The number of nitrogens with zero attached hydrogens (tertiary/aromatic N) is 3. The summed E-state index contributed by atoms with van der Waals surface area (Å²) in [5, 5.41) is 10.1. The first kappa shape index (κ1) is 13.9. The number of nitrogens with one attached hydrogen (secondary N) is 2. The largest absolute Gasteiger partial charge is 0.338 e. The molecule has 1 aliphatic heterocycles. The molecule has 0 aliphatic carbocycles. The van der Waals surface area contributed by atoms with E-state index in [0.29, 0.717) is 12.6 Å². The Bertz CT molecular complexity index is 370. The third kappa shape index (κ3) is 4.90. The number of aryl methyl sites for hydroxylation is 1. The molecule has 1 aromatic heterocycles. The zero-order valence-corrected chi connectivity index (χ0v) is 11.5. The van der Waals surface area contributed by atoms with Gasteiger partial charge in [0.25, 0.3) is 0 Å². The zero-order valence-electron chi connectivity index (χ0n) is 11.5. The lowest BCUT2D eigenvalue weighted by Gasteiger charge is -2.29. The predicted molar refractivity (Wildman–Crippen MR) is 73.9 cm³/mol. The highest BCUT2D eigenvalue weighted by atomic mass is 16.2. The van der Waals surface area contributed by atoms with Gasteiger partial charge in [-0.3, -0.25) is 4.68 Å². The number of carbonyl (C=O) groups is 1. The van der Waals surface area contributed by atoms with E-state index < -0.39 is 0 Å². The van der Waals surface area contributed by atoms with E-state index in [1.165, 1.54) is 0 Å². The summed E-state index contributed by atoms with van der Waals surface area (Å²) in [5.74, 6) is 0. The highest BCUT2D eigenvalue weighted by Gasteiger charge is 2.17. The molecular formula is C13H23N5O. The molecular weight excluding hydrogens is 242 g/mol. The Kier molecular flexibility index (Phi) is 5.20. The predicted octanol–water partition coefficient (Wildman–Crippen LogP) is 0.667. The molecule has 0 bridgehead atoms. The van der Waals surface area contributed by atoms with Crippen LogP contribution in [0.3, 0.4) is 0 Å². The van der Waals surface area contributed by atoms with E-state index in [-0.39, 0.29) is 6.03 Å². The van der Waals surface area contributed by atoms with E-state index >= 15 is 0 Å². The summed E-state index contributed by atoms with van der Waals surface area (Å²) in [5.41, 5.74) is 0. The van der Waals surface area contributed by atoms with Crippen molar-refractivity contribution in [1.29, 1.82) is 0 Å². The molecule has 1 aliphatic rings. The van der Waals surface area contributed by atoms with Crippen molar-refractivity contribution in [2.24, 2.45) is 0 Å². The van der Waals surface area contributed by atoms with Crippen molar-refractivity contribution in [3.8, 4) is 0 Å². The third-order valence-electron chi connectivity index (χ3n) is 3.46. The summed E-state index contributed by atoms with van der Waals surface area (Å²) in [6.45, 7) is 3.63. The minimum atomic E-state index is -0.0463. The molecule has 0 radical (unpaired) electrons. The molecule has 19 heavy (non-hydrogen) atoms. The Morgan fingerprint density at radius 2 is 2.21 bits per heavy atom. The lowest BCUT2D eigenvalue weighted by atomic mass is 10.1. The maximum atomic E-state index is 11.7. The summed E-state index contributed by atoms with van der Waals surface area (Å²) in [4.78, 5) is 14.0. The van der Waals surface area contributed by atoms with Gasteiger partial charge in [0.05, 0.1) is 0 Å². The molecule has 0 unspecified atom stereocenters. The molecule has 1 saturated heterocycles. The fourth-order valence-corrected chi connectivity index (χ4v) is 2.27. The summed E-state index contributed by atoms with van der Waals surface area (Å²) < 4.78 is 1.87.